The number of nitrogens with zero attached hydrogens (tertiary/aromatic N) is 2. The molecule has 6 nitrogen and oxygen atoms in total. The monoisotopic (exact) mass is 296 g/mol. The van der Waals surface area contributed by atoms with Gasteiger partial charge in [-0.3, -0.25) is 0 Å². The third-order valence-corrected chi connectivity index (χ3v) is 5.25. The van der Waals surface area contributed by atoms with Gasteiger partial charge in [0.2, 0.25) is 10.0 Å². The van der Waals surface area contributed by atoms with Crippen LogP contribution in [0.1, 0.15) is 11.1 Å². The molecule has 0 spiro atoms. The molecule has 0 bridgehead atoms. The van der Waals surface area contributed by atoms with Gasteiger partial charge in [-0.05, 0) is 30.7 Å². The third kappa shape index (κ3) is 2.83. The Kier molecular flexibility index (Phi) is 4.40. The van der Waals surface area contributed by atoms with Gasteiger partial charge < -0.3 is 9.84 Å². The van der Waals surface area contributed by atoms with Crippen LogP contribution in [0.4, 0.5) is 0 Å². The van der Waals surface area contributed by atoms with Crippen LogP contribution < -0.4 is 0 Å². The number of nitriles is 1. The molecular weight excluding hydrogens is 280 g/mol. The predicted octanol–water partition coefficient (Wildman–Crippen LogP) is 0.248. The number of rotatable bonds is 3. The Morgan fingerprint density at radius 2 is 2.30 bits per heavy atom. The molecule has 1 aromatic rings. The normalized spacial score (nSPS) is 20.6. The van der Waals surface area contributed by atoms with Crippen molar-refractivity contribution >= 4 is 10.0 Å². The van der Waals surface area contributed by atoms with Crippen molar-refractivity contribution in [2.24, 2.45) is 0 Å². The van der Waals surface area contributed by atoms with Crippen molar-refractivity contribution in [3.05, 3.63) is 29.3 Å². The van der Waals surface area contributed by atoms with Crippen molar-refractivity contribution < 1.29 is 18.3 Å². The molecule has 7 heteroatoms. The minimum atomic E-state index is -3.63. The van der Waals surface area contributed by atoms with Gasteiger partial charge in [-0.25, -0.2) is 8.42 Å². The zero-order chi connectivity index (χ0) is 14.8. The zero-order valence-electron chi connectivity index (χ0n) is 11.1. The highest BCUT2D eigenvalue weighted by Gasteiger charge is 2.31. The van der Waals surface area contributed by atoms with Crippen LogP contribution in [0.25, 0.3) is 0 Å². The summed E-state index contributed by atoms with van der Waals surface area (Å²) in [7, 11) is -3.63. The van der Waals surface area contributed by atoms with E-state index in [1.54, 1.807) is 13.0 Å². The molecule has 1 heterocycles. The fourth-order valence-electron chi connectivity index (χ4n) is 2.17. The Hall–Kier alpha value is -1.46. The molecule has 0 amide bonds. The summed E-state index contributed by atoms with van der Waals surface area (Å²) in [6, 6.07) is 6.47. The number of hydrogen-bond donors (Lipinski definition) is 1. The Balaban J connectivity index is 2.33. The van der Waals surface area contributed by atoms with Crippen LogP contribution >= 0.6 is 0 Å². The highest BCUT2D eigenvalue weighted by Crippen LogP contribution is 2.22. The summed E-state index contributed by atoms with van der Waals surface area (Å²) >= 11 is 0. The van der Waals surface area contributed by atoms with E-state index >= 15 is 0 Å². The second kappa shape index (κ2) is 5.89. The highest BCUT2D eigenvalue weighted by atomic mass is 32.2. The first-order valence-electron chi connectivity index (χ1n) is 6.22. The molecule has 1 saturated heterocycles. The van der Waals surface area contributed by atoms with E-state index in [1.807, 2.05) is 6.07 Å². The Morgan fingerprint density at radius 3 is 2.90 bits per heavy atom. The van der Waals surface area contributed by atoms with Crippen molar-refractivity contribution in [2.45, 2.75) is 17.9 Å². The van der Waals surface area contributed by atoms with Gasteiger partial charge in [-0.2, -0.15) is 9.57 Å². The molecule has 1 N–H and O–H groups in total. The van der Waals surface area contributed by atoms with Gasteiger partial charge in [0, 0.05) is 13.1 Å². The third-order valence-electron chi connectivity index (χ3n) is 3.23. The zero-order valence-corrected chi connectivity index (χ0v) is 11.9. The lowest BCUT2D eigenvalue weighted by molar-refractivity contribution is -0.0304. The lowest BCUT2D eigenvalue weighted by Crippen LogP contribution is -2.46. The van der Waals surface area contributed by atoms with Crippen LogP contribution in [0, 0.1) is 18.3 Å². The maximum Gasteiger partial charge on any atom is 0.243 e. The number of ether oxygens (including phenoxy) is 1. The average molecular weight is 296 g/mol. The van der Waals surface area contributed by atoms with Gasteiger partial charge in [-0.1, -0.05) is 0 Å². The molecule has 1 aliphatic heterocycles. The van der Waals surface area contributed by atoms with Gasteiger partial charge in [0.25, 0.3) is 0 Å². The largest absolute Gasteiger partial charge is 0.394 e. The second-order valence-electron chi connectivity index (χ2n) is 4.63. The van der Waals surface area contributed by atoms with Crippen molar-refractivity contribution in [1.82, 2.24) is 4.31 Å². The number of benzene rings is 1. The Morgan fingerprint density at radius 1 is 1.55 bits per heavy atom. The summed E-state index contributed by atoms with van der Waals surface area (Å²) in [5.41, 5.74) is 0.966. The number of sulfonamides is 1. The fourth-order valence-corrected chi connectivity index (χ4v) is 3.83. The topological polar surface area (TPSA) is 90.6 Å². The number of hydrogen-bond acceptors (Lipinski definition) is 5. The molecular formula is C13H16N2O4S. The van der Waals surface area contributed by atoms with Crippen LogP contribution in [0.15, 0.2) is 23.1 Å². The van der Waals surface area contributed by atoms with Gasteiger partial charge in [0.15, 0.2) is 0 Å². The first-order valence-corrected chi connectivity index (χ1v) is 7.66. The van der Waals surface area contributed by atoms with Crippen LogP contribution in [0.2, 0.25) is 0 Å². The summed E-state index contributed by atoms with van der Waals surface area (Å²) < 4.78 is 31.7. The van der Waals surface area contributed by atoms with E-state index in [0.29, 0.717) is 11.1 Å². The highest BCUT2D eigenvalue weighted by molar-refractivity contribution is 7.89. The summed E-state index contributed by atoms with van der Waals surface area (Å²) in [5.74, 6) is 0. The van der Waals surface area contributed by atoms with E-state index in [4.69, 9.17) is 15.1 Å². The Bertz CT molecular complexity index is 636. The standard InChI is InChI=1S/C13H16N2O4S/c1-10-6-11(7-14)2-3-13(10)20(17,18)15-4-5-19-12(8-15)9-16/h2-3,6,12,16H,4-5,8-9H2,1H3. The van der Waals surface area contributed by atoms with Crippen LogP contribution in [-0.4, -0.2) is 50.2 Å². The molecule has 0 aliphatic carbocycles. The van der Waals surface area contributed by atoms with E-state index in [-0.39, 0.29) is 31.2 Å². The first kappa shape index (κ1) is 14.9. The van der Waals surface area contributed by atoms with E-state index in [2.05, 4.69) is 0 Å². The number of aryl methyl sites for hydroxylation is 1. The van der Waals surface area contributed by atoms with Gasteiger partial charge in [-0.15, -0.1) is 0 Å². The number of aliphatic hydroxyl groups is 1. The van der Waals surface area contributed by atoms with Crippen molar-refractivity contribution in [2.75, 3.05) is 26.3 Å². The summed E-state index contributed by atoms with van der Waals surface area (Å²) in [4.78, 5) is 0.190. The van der Waals surface area contributed by atoms with E-state index in [0.717, 1.165) is 0 Å². The minimum Gasteiger partial charge on any atom is -0.394 e. The van der Waals surface area contributed by atoms with Crippen molar-refractivity contribution in [1.29, 1.82) is 5.26 Å². The van der Waals surface area contributed by atoms with E-state index < -0.39 is 16.1 Å². The molecule has 20 heavy (non-hydrogen) atoms. The molecule has 1 atom stereocenters. The SMILES string of the molecule is Cc1cc(C#N)ccc1S(=O)(=O)N1CCOC(CO)C1. The molecule has 0 aromatic heterocycles. The molecule has 0 saturated carbocycles. The Labute approximate surface area is 118 Å². The fraction of sp³-hybridized carbons (Fsp3) is 0.462. The molecule has 1 aromatic carbocycles. The lowest BCUT2D eigenvalue weighted by atomic mass is 10.2. The average Bonchev–Trinajstić information content (AvgIpc) is 2.46. The smallest absolute Gasteiger partial charge is 0.243 e. The van der Waals surface area contributed by atoms with Crippen molar-refractivity contribution in [3.8, 4) is 6.07 Å². The summed E-state index contributed by atoms with van der Waals surface area (Å²) in [5, 5.41) is 17.9. The summed E-state index contributed by atoms with van der Waals surface area (Å²) in [6.45, 7) is 2.12. The predicted molar refractivity (Wildman–Crippen MR) is 71.5 cm³/mol. The van der Waals surface area contributed by atoms with E-state index in [1.165, 1.54) is 16.4 Å². The number of morpholine rings is 1. The van der Waals surface area contributed by atoms with E-state index in [9.17, 15) is 8.42 Å². The first-order chi connectivity index (χ1) is 9.48. The molecule has 1 unspecified atom stereocenters. The maximum atomic E-state index is 12.6. The van der Waals surface area contributed by atoms with Gasteiger partial charge in [0.05, 0.1) is 35.8 Å². The quantitative estimate of drug-likeness (QED) is 0.863. The molecule has 1 aliphatic rings. The maximum absolute atomic E-state index is 12.6. The second-order valence-corrected chi connectivity index (χ2v) is 6.54. The molecule has 108 valence electrons. The molecule has 1 fully saturated rings. The van der Waals surface area contributed by atoms with Crippen LogP contribution in [0.5, 0.6) is 0 Å². The number of aliphatic hydroxyl groups excluding tert-OH is 1. The van der Waals surface area contributed by atoms with Crippen molar-refractivity contribution in [3.63, 3.8) is 0 Å². The van der Waals surface area contributed by atoms with Crippen LogP contribution in [0.3, 0.4) is 0 Å². The van der Waals surface area contributed by atoms with Crippen LogP contribution in [-0.2, 0) is 14.8 Å². The molecule has 0 radical (unpaired) electrons. The molecule has 2 rings (SSSR count). The van der Waals surface area contributed by atoms with Gasteiger partial charge in [0.1, 0.15) is 0 Å². The van der Waals surface area contributed by atoms with Gasteiger partial charge >= 0.3 is 0 Å². The lowest BCUT2D eigenvalue weighted by Gasteiger charge is -2.31. The minimum absolute atomic E-state index is 0.137. The summed E-state index contributed by atoms with van der Waals surface area (Å²) in [6.07, 6.45) is -0.489.